The fourth-order valence-electron chi connectivity index (χ4n) is 3.15. The van der Waals surface area contributed by atoms with E-state index < -0.39 is 0 Å². The van der Waals surface area contributed by atoms with Gasteiger partial charge in [0.25, 0.3) is 5.56 Å². The quantitative estimate of drug-likeness (QED) is 0.859. The zero-order chi connectivity index (χ0) is 17.1. The Morgan fingerprint density at radius 2 is 2.08 bits per heavy atom. The number of nitrogens with zero attached hydrogens (tertiary/aromatic N) is 3. The molecule has 0 atom stereocenters. The molecule has 0 amide bonds. The molecule has 0 spiro atoms. The van der Waals surface area contributed by atoms with Crippen LogP contribution in [0.2, 0.25) is 0 Å². The van der Waals surface area contributed by atoms with Crippen LogP contribution in [0, 0.1) is 6.92 Å². The van der Waals surface area contributed by atoms with Crippen LogP contribution in [0.15, 0.2) is 29.1 Å². The van der Waals surface area contributed by atoms with Crippen LogP contribution < -0.4 is 10.5 Å². The van der Waals surface area contributed by atoms with E-state index in [0.29, 0.717) is 18.9 Å². The molecular formula is C18H24N4O2. The minimum Gasteiger partial charge on any atom is -0.395 e. The molecule has 1 aliphatic rings. The second-order valence-electron chi connectivity index (χ2n) is 6.35. The Morgan fingerprint density at radius 3 is 2.79 bits per heavy atom. The number of anilines is 1. The van der Waals surface area contributed by atoms with E-state index in [1.807, 2.05) is 18.9 Å². The lowest BCUT2D eigenvalue weighted by atomic mass is 10.1. The van der Waals surface area contributed by atoms with Gasteiger partial charge in [0.1, 0.15) is 5.82 Å². The van der Waals surface area contributed by atoms with Crippen molar-refractivity contribution in [3.8, 4) is 0 Å². The van der Waals surface area contributed by atoms with Crippen molar-refractivity contribution >= 4 is 5.69 Å². The molecule has 0 radical (unpaired) electrons. The van der Waals surface area contributed by atoms with Crippen LogP contribution in [0.3, 0.4) is 0 Å². The monoisotopic (exact) mass is 328 g/mol. The molecule has 0 saturated carbocycles. The van der Waals surface area contributed by atoms with Crippen molar-refractivity contribution in [1.82, 2.24) is 14.9 Å². The highest BCUT2D eigenvalue weighted by Crippen LogP contribution is 2.18. The number of rotatable bonds is 5. The van der Waals surface area contributed by atoms with Crippen LogP contribution in [0.5, 0.6) is 0 Å². The van der Waals surface area contributed by atoms with Gasteiger partial charge in [-0.15, -0.1) is 0 Å². The van der Waals surface area contributed by atoms with Crippen molar-refractivity contribution in [1.29, 1.82) is 0 Å². The second-order valence-corrected chi connectivity index (χ2v) is 6.35. The molecule has 2 heterocycles. The highest BCUT2D eigenvalue weighted by Gasteiger charge is 2.20. The van der Waals surface area contributed by atoms with Crippen LogP contribution >= 0.6 is 0 Å². The van der Waals surface area contributed by atoms with Crippen LogP contribution in [0.25, 0.3) is 0 Å². The summed E-state index contributed by atoms with van der Waals surface area (Å²) in [5.41, 5.74) is 4.08. The highest BCUT2D eigenvalue weighted by atomic mass is 16.3. The van der Waals surface area contributed by atoms with Crippen molar-refractivity contribution in [3.63, 3.8) is 0 Å². The van der Waals surface area contributed by atoms with E-state index in [1.165, 1.54) is 5.56 Å². The van der Waals surface area contributed by atoms with Crippen LogP contribution in [0.4, 0.5) is 5.69 Å². The fourth-order valence-corrected chi connectivity index (χ4v) is 3.15. The predicted octanol–water partition coefficient (Wildman–Crippen LogP) is 1.07. The Kier molecular flexibility index (Phi) is 4.97. The third-order valence-electron chi connectivity index (χ3n) is 4.49. The number of aromatic amines is 1. The number of hydrogen-bond acceptors (Lipinski definition) is 5. The van der Waals surface area contributed by atoms with Crippen molar-refractivity contribution < 1.29 is 5.11 Å². The van der Waals surface area contributed by atoms with E-state index in [1.54, 1.807) is 0 Å². The van der Waals surface area contributed by atoms with E-state index >= 15 is 0 Å². The summed E-state index contributed by atoms with van der Waals surface area (Å²) < 4.78 is 0. The first kappa shape index (κ1) is 16.7. The number of likely N-dealkylation sites (N-methyl/N-ethyl adjacent to an activating group) is 1. The van der Waals surface area contributed by atoms with E-state index in [-0.39, 0.29) is 12.2 Å². The lowest BCUT2D eigenvalue weighted by molar-refractivity contribution is 0.240. The molecule has 1 aromatic heterocycles. The van der Waals surface area contributed by atoms with Gasteiger partial charge >= 0.3 is 0 Å². The summed E-state index contributed by atoms with van der Waals surface area (Å²) in [4.78, 5) is 23.6. The van der Waals surface area contributed by atoms with Crippen LogP contribution in [-0.4, -0.2) is 46.7 Å². The molecule has 24 heavy (non-hydrogen) atoms. The van der Waals surface area contributed by atoms with Gasteiger partial charge in [0, 0.05) is 44.5 Å². The van der Waals surface area contributed by atoms with Gasteiger partial charge in [0.05, 0.1) is 12.3 Å². The SMILES string of the molecule is Cc1nc2c(c(=O)[nH]1)CCN(Cc1ccc(N(C)CCO)cc1)C2. The number of aliphatic hydroxyl groups is 1. The van der Waals surface area contributed by atoms with E-state index in [9.17, 15) is 4.79 Å². The third kappa shape index (κ3) is 3.66. The van der Waals surface area contributed by atoms with Crippen molar-refractivity contribution in [2.45, 2.75) is 26.4 Å². The zero-order valence-electron chi connectivity index (χ0n) is 14.2. The molecule has 128 valence electrons. The molecule has 0 saturated heterocycles. The van der Waals surface area contributed by atoms with Gasteiger partial charge < -0.3 is 15.0 Å². The lowest BCUT2D eigenvalue weighted by Gasteiger charge is -2.27. The summed E-state index contributed by atoms with van der Waals surface area (Å²) in [6, 6.07) is 8.40. The molecule has 0 unspecified atom stereocenters. The van der Waals surface area contributed by atoms with Gasteiger partial charge in [0.2, 0.25) is 0 Å². The summed E-state index contributed by atoms with van der Waals surface area (Å²) in [6.07, 6.45) is 0.745. The maximum absolute atomic E-state index is 12.0. The van der Waals surface area contributed by atoms with Gasteiger partial charge in [-0.05, 0) is 31.0 Å². The van der Waals surface area contributed by atoms with E-state index in [2.05, 4.69) is 39.1 Å². The number of H-pyrrole nitrogens is 1. The highest BCUT2D eigenvalue weighted by molar-refractivity contribution is 5.46. The summed E-state index contributed by atoms with van der Waals surface area (Å²) in [7, 11) is 1.97. The summed E-state index contributed by atoms with van der Waals surface area (Å²) >= 11 is 0. The maximum atomic E-state index is 12.0. The van der Waals surface area contributed by atoms with Gasteiger partial charge in [-0.25, -0.2) is 4.98 Å². The Hall–Kier alpha value is -2.18. The van der Waals surface area contributed by atoms with Gasteiger partial charge in [0.15, 0.2) is 0 Å². The Labute approximate surface area is 141 Å². The minimum atomic E-state index is 0.00780. The predicted molar refractivity (Wildman–Crippen MR) is 94.2 cm³/mol. The van der Waals surface area contributed by atoms with E-state index in [0.717, 1.165) is 36.5 Å². The molecule has 0 fully saturated rings. The summed E-state index contributed by atoms with van der Waals surface area (Å²) in [6.45, 7) is 5.03. The molecule has 0 bridgehead atoms. The molecule has 2 N–H and O–H groups in total. The molecule has 2 aromatic rings. The number of benzene rings is 1. The topological polar surface area (TPSA) is 72.5 Å². The molecule has 3 rings (SSSR count). The molecule has 6 heteroatoms. The first-order valence-electron chi connectivity index (χ1n) is 8.29. The molecular weight excluding hydrogens is 304 g/mol. The normalized spacial score (nSPS) is 14.5. The van der Waals surface area contributed by atoms with Gasteiger partial charge in [-0.3, -0.25) is 9.69 Å². The first-order chi connectivity index (χ1) is 11.6. The average Bonchev–Trinajstić information content (AvgIpc) is 2.55. The Bertz CT molecular complexity index is 755. The summed E-state index contributed by atoms with van der Waals surface area (Å²) in [5.74, 6) is 0.678. The average molecular weight is 328 g/mol. The third-order valence-corrected chi connectivity index (χ3v) is 4.49. The Balaban J connectivity index is 1.68. The minimum absolute atomic E-state index is 0.00780. The largest absolute Gasteiger partial charge is 0.395 e. The van der Waals surface area contributed by atoms with Crippen LogP contribution in [-0.2, 0) is 19.5 Å². The zero-order valence-corrected chi connectivity index (χ0v) is 14.2. The molecule has 1 aliphatic heterocycles. The number of aromatic nitrogens is 2. The first-order valence-corrected chi connectivity index (χ1v) is 8.29. The van der Waals surface area contributed by atoms with Gasteiger partial charge in [-0.2, -0.15) is 0 Å². The molecule has 1 aromatic carbocycles. The molecule has 0 aliphatic carbocycles. The number of fused-ring (bicyclic) bond motifs is 1. The van der Waals surface area contributed by atoms with Crippen LogP contribution in [0.1, 0.15) is 22.6 Å². The van der Waals surface area contributed by atoms with E-state index in [4.69, 9.17) is 5.11 Å². The number of aliphatic hydroxyl groups excluding tert-OH is 1. The smallest absolute Gasteiger partial charge is 0.254 e. The summed E-state index contributed by atoms with van der Waals surface area (Å²) in [5, 5.41) is 9.01. The number of hydrogen-bond donors (Lipinski definition) is 2. The van der Waals surface area contributed by atoms with Crippen molar-refractivity contribution in [3.05, 3.63) is 57.3 Å². The number of nitrogens with one attached hydrogen (secondary N) is 1. The van der Waals surface area contributed by atoms with Crippen molar-refractivity contribution in [2.75, 3.05) is 31.6 Å². The van der Waals surface area contributed by atoms with Gasteiger partial charge in [-0.1, -0.05) is 12.1 Å². The second kappa shape index (κ2) is 7.15. The fraction of sp³-hybridized carbons (Fsp3) is 0.444. The maximum Gasteiger partial charge on any atom is 0.254 e. The standard InChI is InChI=1S/C18H24N4O2/c1-13-19-17-12-22(8-7-16(17)18(24)20-13)11-14-3-5-15(6-4-14)21(2)9-10-23/h3-6,23H,7-12H2,1-2H3,(H,19,20,24). The molecule has 6 nitrogen and oxygen atoms in total. The lowest BCUT2D eigenvalue weighted by Crippen LogP contribution is -2.35. The van der Waals surface area contributed by atoms with Crippen molar-refractivity contribution in [2.24, 2.45) is 0 Å². The Morgan fingerprint density at radius 1 is 1.33 bits per heavy atom. The number of aryl methyl sites for hydroxylation is 1.